The number of carboxylic acids is 1. The van der Waals surface area contributed by atoms with Gasteiger partial charge in [0.15, 0.2) is 11.6 Å². The number of methoxy groups -OCH3 is 1. The van der Waals surface area contributed by atoms with Crippen LogP contribution in [-0.4, -0.2) is 96.8 Å². The Bertz CT molecular complexity index is 1440. The zero-order valence-corrected chi connectivity index (χ0v) is 31.6. The number of hydrogen-bond donors (Lipinski definition) is 3. The van der Waals surface area contributed by atoms with Crippen LogP contribution in [0.1, 0.15) is 49.0 Å². The topological polar surface area (TPSA) is 179 Å². The van der Waals surface area contributed by atoms with Crippen LogP contribution in [0.5, 0.6) is 5.75 Å². The molecule has 2 aliphatic heterocycles. The molecule has 6 atom stereocenters. The second kappa shape index (κ2) is 17.8. The molecule has 1 aliphatic carbocycles. The normalized spacial score (nSPS) is 21.6. The summed E-state index contributed by atoms with van der Waals surface area (Å²) in [4.78, 5) is 57.0. The number of benzene rings is 1. The number of aromatic carboxylic acids is 1. The summed E-state index contributed by atoms with van der Waals surface area (Å²) in [5.74, 6) is -3.00. The fourth-order valence-electron chi connectivity index (χ4n) is 5.82. The van der Waals surface area contributed by atoms with E-state index in [0.717, 1.165) is 45.7 Å². The van der Waals surface area contributed by atoms with Gasteiger partial charge in [-0.25, -0.2) is 18.2 Å². The second-order valence-electron chi connectivity index (χ2n) is 10.9. The van der Waals surface area contributed by atoms with E-state index < -0.39 is 40.4 Å². The number of carbonyl (C=O) groups is 2. The maximum absolute atomic E-state index is 15.4. The molecule has 0 spiro atoms. The van der Waals surface area contributed by atoms with Crippen molar-refractivity contribution in [1.82, 2.24) is 9.47 Å². The van der Waals surface area contributed by atoms with E-state index in [1.54, 1.807) is 4.57 Å². The maximum atomic E-state index is 15.4. The van der Waals surface area contributed by atoms with Gasteiger partial charge in [0, 0.05) is 52.5 Å². The van der Waals surface area contributed by atoms with Crippen molar-refractivity contribution in [2.75, 3.05) is 52.9 Å². The van der Waals surface area contributed by atoms with Crippen molar-refractivity contribution < 1.29 is 56.4 Å². The molecule has 2 saturated heterocycles. The summed E-state index contributed by atoms with van der Waals surface area (Å²) in [6.07, 6.45) is 5.45. The zero-order valence-electron chi connectivity index (χ0n) is 27.0. The van der Waals surface area contributed by atoms with Crippen molar-refractivity contribution in [3.63, 3.8) is 0 Å². The summed E-state index contributed by atoms with van der Waals surface area (Å²) in [6, 6.07) is 1.68. The van der Waals surface area contributed by atoms with Gasteiger partial charge < -0.3 is 47.8 Å². The predicted molar refractivity (Wildman–Crippen MR) is 184 cm³/mol. The van der Waals surface area contributed by atoms with Crippen molar-refractivity contribution in [3.8, 4) is 5.75 Å². The van der Waals surface area contributed by atoms with Crippen LogP contribution in [0.25, 0.3) is 10.9 Å². The number of halogens is 1. The molecule has 0 radical (unpaired) electrons. The van der Waals surface area contributed by atoms with Gasteiger partial charge in [-0.3, -0.25) is 9.59 Å². The molecule has 47 heavy (non-hydrogen) atoms. The summed E-state index contributed by atoms with van der Waals surface area (Å²) in [6.45, 7) is 3.70. The molecule has 3 heterocycles. The number of likely N-dealkylation sites (N-methyl/N-ethyl adjacent to an activating group) is 1. The van der Waals surface area contributed by atoms with Crippen molar-refractivity contribution in [2.45, 2.75) is 50.7 Å². The Morgan fingerprint density at radius 2 is 1.70 bits per heavy atom. The highest BCUT2D eigenvalue weighted by Crippen LogP contribution is 2.46. The molecule has 3 aliphatic rings. The Labute approximate surface area is 280 Å². The molecular formula is C27H44FN3O12P4. The van der Waals surface area contributed by atoms with Crippen LogP contribution in [-0.2, 0) is 27.6 Å². The van der Waals surface area contributed by atoms with Crippen LogP contribution in [0, 0.1) is 11.7 Å². The van der Waals surface area contributed by atoms with Crippen LogP contribution in [0.2, 0.25) is 0 Å². The summed E-state index contributed by atoms with van der Waals surface area (Å²) >= 11 is 0. The minimum absolute atomic E-state index is 0. The van der Waals surface area contributed by atoms with E-state index in [2.05, 4.69) is 25.7 Å². The van der Waals surface area contributed by atoms with E-state index >= 15 is 4.39 Å². The molecule has 2 aromatic rings. The molecule has 20 heteroatoms. The molecule has 5 rings (SSSR count). The first kappa shape index (κ1) is 41.5. The van der Waals surface area contributed by atoms with Gasteiger partial charge in [-0.2, -0.15) is 19.8 Å². The van der Waals surface area contributed by atoms with Crippen LogP contribution < -0.4 is 15.1 Å². The fourth-order valence-corrected chi connectivity index (χ4v) is 6.75. The molecular weight excluding hydrogens is 701 g/mol. The molecule has 6 unspecified atom stereocenters. The Morgan fingerprint density at radius 1 is 1.09 bits per heavy atom. The van der Waals surface area contributed by atoms with Crippen LogP contribution in [0.3, 0.4) is 0 Å². The lowest BCUT2D eigenvalue weighted by Gasteiger charge is -2.33. The van der Waals surface area contributed by atoms with Gasteiger partial charge >= 0.3 is 29.1 Å². The fraction of sp³-hybridized carbons (Fsp3) is 0.593. The molecule has 3 fully saturated rings. The van der Waals surface area contributed by atoms with Crippen molar-refractivity contribution in [2.24, 2.45) is 5.92 Å². The highest BCUT2D eigenvalue weighted by atomic mass is 31.2. The summed E-state index contributed by atoms with van der Waals surface area (Å²) < 4.78 is 45.6. The predicted octanol–water partition coefficient (Wildman–Crippen LogP) is 3.43. The van der Waals surface area contributed by atoms with E-state index in [1.807, 2.05) is 4.90 Å². The van der Waals surface area contributed by atoms with Crippen molar-refractivity contribution >= 4 is 66.0 Å². The lowest BCUT2D eigenvalue weighted by atomic mass is 9.93. The number of carboxylic acid groups (broad SMARTS) is 1. The Morgan fingerprint density at radius 3 is 2.19 bits per heavy atom. The van der Waals surface area contributed by atoms with E-state index in [0.29, 0.717) is 35.5 Å². The molecule has 1 aromatic heterocycles. The summed E-state index contributed by atoms with van der Waals surface area (Å²) in [7, 11) is 1.42. The van der Waals surface area contributed by atoms with Crippen molar-refractivity contribution in [1.29, 1.82) is 0 Å². The standard InChI is InChI=1S/C22H26FN3O4.C5H12O8P2.2H3P/c1-24-7-3-4-12-9-25(11-17(12)24)19-16(23)8-14-18(21(19)30-2)26(13-5-6-13)10-15(20(14)27)22(28)29;1-5(11-4-6,12-14(7)9-2)13-15(8)10-3;;/h8,10,12-13,17H,3-7,9,11H2,1-2H3,(H,28,29);4,7-8H,1-3H3;2*1H3. The van der Waals surface area contributed by atoms with E-state index in [9.17, 15) is 19.5 Å². The number of likely N-dealkylation sites (tertiary alicyclic amines) is 1. The molecule has 0 bridgehead atoms. The third-order valence-electron chi connectivity index (χ3n) is 8.01. The monoisotopic (exact) mass is 745 g/mol. The highest BCUT2D eigenvalue weighted by Gasteiger charge is 2.40. The number of hydrogen-bond acceptors (Lipinski definition) is 13. The molecule has 1 aromatic carbocycles. The number of ether oxygens (including phenoxy) is 2. The van der Waals surface area contributed by atoms with Gasteiger partial charge in [-0.15, -0.1) is 0 Å². The first-order chi connectivity index (χ1) is 21.4. The minimum Gasteiger partial charge on any atom is -0.492 e. The van der Waals surface area contributed by atoms with Gasteiger partial charge in [0.25, 0.3) is 6.47 Å². The minimum atomic E-state index is -2.28. The number of rotatable bonds is 12. The second-order valence-corrected chi connectivity index (χ2v) is 13.0. The molecule has 3 N–H and O–H groups in total. The SMILES string of the molecule is COP(O)OC(C)(OC=O)OP(O)OC.COc1c(N2CC3CCCN(C)C3C2)c(F)cc2c(=O)c(C(=O)O)cn(C3CC3)c12.P.P. The largest absolute Gasteiger partial charge is 0.492 e. The number of nitrogens with zero attached hydrogens (tertiary/aromatic N) is 3. The van der Waals surface area contributed by atoms with Crippen LogP contribution in [0.4, 0.5) is 10.1 Å². The highest BCUT2D eigenvalue weighted by molar-refractivity contribution is 7.41. The van der Waals surface area contributed by atoms with Crippen molar-refractivity contribution in [3.05, 3.63) is 33.9 Å². The first-order valence-corrected chi connectivity index (χ1v) is 16.3. The average Bonchev–Trinajstić information content (AvgIpc) is 3.75. The lowest BCUT2D eigenvalue weighted by molar-refractivity contribution is -0.271. The lowest BCUT2D eigenvalue weighted by Crippen LogP contribution is -2.42. The van der Waals surface area contributed by atoms with Gasteiger partial charge in [0.1, 0.15) is 11.3 Å². The van der Waals surface area contributed by atoms with Crippen LogP contribution in [0.15, 0.2) is 17.1 Å². The third-order valence-corrected chi connectivity index (χ3v) is 9.61. The molecule has 266 valence electrons. The van der Waals surface area contributed by atoms with Gasteiger partial charge in [0.2, 0.25) is 5.43 Å². The smallest absolute Gasteiger partial charge is 0.341 e. The number of aromatic nitrogens is 1. The van der Waals surface area contributed by atoms with Gasteiger partial charge in [-0.1, -0.05) is 0 Å². The number of pyridine rings is 1. The third kappa shape index (κ3) is 9.53. The molecule has 1 saturated carbocycles. The number of anilines is 1. The van der Waals surface area contributed by atoms with E-state index in [1.165, 1.54) is 33.6 Å². The summed E-state index contributed by atoms with van der Waals surface area (Å²) in [5, 5.41) is 9.53. The summed E-state index contributed by atoms with van der Waals surface area (Å²) in [5.41, 5.74) is -0.135. The maximum Gasteiger partial charge on any atom is 0.341 e. The zero-order chi connectivity index (χ0) is 33.1. The Balaban J connectivity index is 0.000000390. The Kier molecular flexibility index (Phi) is 15.8. The van der Waals surface area contributed by atoms with Gasteiger partial charge in [0.05, 0.1) is 18.0 Å². The molecule has 0 amide bonds. The van der Waals surface area contributed by atoms with E-state index in [-0.39, 0.29) is 43.3 Å². The Hall–Kier alpha value is -1.66. The molecule has 15 nitrogen and oxygen atoms in total. The number of carbonyl (C=O) groups excluding carboxylic acids is 1. The van der Waals surface area contributed by atoms with Crippen LogP contribution >= 0.6 is 37.0 Å². The number of piperidine rings is 1. The average molecular weight is 746 g/mol. The first-order valence-electron chi connectivity index (χ1n) is 14.1. The number of fused-ring (bicyclic) bond motifs is 2. The van der Waals surface area contributed by atoms with Gasteiger partial charge in [-0.05, 0) is 51.3 Å². The van der Waals surface area contributed by atoms with E-state index in [4.69, 9.17) is 23.6 Å². The quantitative estimate of drug-likeness (QED) is 0.164.